The van der Waals surface area contributed by atoms with Crippen molar-refractivity contribution in [2.45, 2.75) is 36.0 Å². The van der Waals surface area contributed by atoms with Crippen LogP contribution in [0.4, 0.5) is 0 Å². The molecule has 2 nitrogen and oxygen atoms in total. The van der Waals surface area contributed by atoms with Gasteiger partial charge in [-0.25, -0.2) is 0 Å². The molecule has 3 heteroatoms. The molecule has 2 aliphatic rings. The average molecular weight is 262 g/mol. The van der Waals surface area contributed by atoms with E-state index in [1.165, 1.54) is 17.7 Å². The van der Waals surface area contributed by atoms with Crippen LogP contribution in [0.25, 0.3) is 0 Å². The standard InChI is InChI=1S/C15H22N2S/c1-10-6-13-12(4-3-5-15(13)18-10)14-7-11(8-16)9-17(14)2/h3-5,10-11,14H,6-9,16H2,1-2H3. The molecule has 98 valence electrons. The van der Waals surface area contributed by atoms with Gasteiger partial charge in [0.05, 0.1) is 0 Å². The van der Waals surface area contributed by atoms with Crippen LogP contribution < -0.4 is 5.73 Å². The van der Waals surface area contributed by atoms with E-state index >= 15 is 0 Å². The highest BCUT2D eigenvalue weighted by molar-refractivity contribution is 8.00. The minimum absolute atomic E-state index is 0.583. The summed E-state index contributed by atoms with van der Waals surface area (Å²) in [6.45, 7) is 4.30. The Balaban J connectivity index is 1.92. The summed E-state index contributed by atoms with van der Waals surface area (Å²) in [6, 6.07) is 7.42. The van der Waals surface area contributed by atoms with E-state index < -0.39 is 0 Å². The molecule has 2 N–H and O–H groups in total. The van der Waals surface area contributed by atoms with Crippen LogP contribution in [0, 0.1) is 5.92 Å². The fraction of sp³-hybridized carbons (Fsp3) is 0.600. The van der Waals surface area contributed by atoms with Gasteiger partial charge in [-0.2, -0.15) is 0 Å². The molecule has 2 heterocycles. The predicted octanol–water partition coefficient (Wildman–Crippen LogP) is 2.67. The quantitative estimate of drug-likeness (QED) is 0.888. The lowest BCUT2D eigenvalue weighted by molar-refractivity contribution is 0.312. The minimum Gasteiger partial charge on any atom is -0.330 e. The number of thioether (sulfide) groups is 1. The van der Waals surface area contributed by atoms with Crippen LogP contribution in [0.2, 0.25) is 0 Å². The van der Waals surface area contributed by atoms with E-state index in [0.29, 0.717) is 12.0 Å². The molecule has 0 bridgehead atoms. The number of nitrogens with zero attached hydrogens (tertiary/aromatic N) is 1. The van der Waals surface area contributed by atoms with E-state index in [9.17, 15) is 0 Å². The van der Waals surface area contributed by atoms with Crippen molar-refractivity contribution in [3.05, 3.63) is 29.3 Å². The summed E-state index contributed by atoms with van der Waals surface area (Å²) in [5, 5.41) is 0.734. The van der Waals surface area contributed by atoms with Crippen LogP contribution >= 0.6 is 11.8 Å². The Kier molecular flexibility index (Phi) is 3.39. The molecule has 1 saturated heterocycles. The molecule has 3 atom stereocenters. The Morgan fingerprint density at radius 3 is 3.00 bits per heavy atom. The first-order valence-corrected chi connectivity index (χ1v) is 7.75. The summed E-state index contributed by atoms with van der Waals surface area (Å²) in [7, 11) is 2.24. The molecule has 0 amide bonds. The van der Waals surface area contributed by atoms with Gasteiger partial charge in [0.15, 0.2) is 0 Å². The van der Waals surface area contributed by atoms with Crippen LogP contribution in [0.1, 0.15) is 30.5 Å². The normalized spacial score (nSPS) is 31.8. The topological polar surface area (TPSA) is 29.3 Å². The van der Waals surface area contributed by atoms with Crippen LogP contribution in [0.5, 0.6) is 0 Å². The molecule has 0 saturated carbocycles. The Morgan fingerprint density at radius 1 is 1.44 bits per heavy atom. The first-order chi connectivity index (χ1) is 8.69. The molecule has 3 rings (SSSR count). The summed E-state index contributed by atoms with van der Waals surface area (Å²) >= 11 is 2.03. The van der Waals surface area contributed by atoms with Gasteiger partial charge in [-0.3, -0.25) is 4.90 Å². The summed E-state index contributed by atoms with van der Waals surface area (Å²) in [5.74, 6) is 0.669. The molecule has 3 unspecified atom stereocenters. The van der Waals surface area contributed by atoms with E-state index in [-0.39, 0.29) is 0 Å². The molecule has 0 radical (unpaired) electrons. The maximum Gasteiger partial charge on any atom is 0.0351 e. The Hall–Kier alpha value is -0.510. The molecular weight excluding hydrogens is 240 g/mol. The van der Waals surface area contributed by atoms with Gasteiger partial charge < -0.3 is 5.73 Å². The minimum atomic E-state index is 0.583. The van der Waals surface area contributed by atoms with E-state index in [4.69, 9.17) is 5.73 Å². The van der Waals surface area contributed by atoms with Crippen LogP contribution in [0.3, 0.4) is 0 Å². The van der Waals surface area contributed by atoms with Crippen LogP contribution in [0.15, 0.2) is 23.1 Å². The zero-order valence-electron chi connectivity index (χ0n) is 11.2. The van der Waals surface area contributed by atoms with Crippen molar-refractivity contribution in [2.24, 2.45) is 11.7 Å². The fourth-order valence-corrected chi connectivity index (χ4v) is 4.59. The molecule has 1 fully saturated rings. The maximum absolute atomic E-state index is 5.84. The fourth-order valence-electron chi connectivity index (χ4n) is 3.41. The monoisotopic (exact) mass is 262 g/mol. The lowest BCUT2D eigenvalue weighted by Crippen LogP contribution is -2.21. The number of rotatable bonds is 2. The third-order valence-corrected chi connectivity index (χ3v) is 5.52. The molecule has 1 aromatic rings. The highest BCUT2D eigenvalue weighted by Gasteiger charge is 2.33. The summed E-state index contributed by atoms with van der Waals surface area (Å²) in [5.41, 5.74) is 9.00. The number of benzene rings is 1. The van der Waals surface area contributed by atoms with Gasteiger partial charge in [0.2, 0.25) is 0 Å². The van der Waals surface area contributed by atoms with Gasteiger partial charge >= 0.3 is 0 Å². The lowest BCUT2D eigenvalue weighted by Gasteiger charge is -2.22. The van der Waals surface area contributed by atoms with Crippen molar-refractivity contribution in [1.29, 1.82) is 0 Å². The summed E-state index contributed by atoms with van der Waals surface area (Å²) in [4.78, 5) is 3.99. The summed E-state index contributed by atoms with van der Waals surface area (Å²) < 4.78 is 0. The van der Waals surface area contributed by atoms with Crippen molar-refractivity contribution in [2.75, 3.05) is 20.1 Å². The van der Waals surface area contributed by atoms with Crippen molar-refractivity contribution in [3.8, 4) is 0 Å². The molecule has 1 aromatic carbocycles. The number of likely N-dealkylation sites (tertiary alicyclic amines) is 1. The first kappa shape index (κ1) is 12.5. The Bertz CT molecular complexity index is 446. The second-order valence-electron chi connectivity index (χ2n) is 5.75. The van der Waals surface area contributed by atoms with Crippen molar-refractivity contribution >= 4 is 11.8 Å². The third-order valence-electron chi connectivity index (χ3n) is 4.32. The smallest absolute Gasteiger partial charge is 0.0351 e. The van der Waals surface area contributed by atoms with Gasteiger partial charge in [-0.05, 0) is 49.5 Å². The zero-order valence-corrected chi connectivity index (χ0v) is 12.0. The zero-order chi connectivity index (χ0) is 12.7. The van der Waals surface area contributed by atoms with E-state index in [2.05, 4.69) is 37.1 Å². The van der Waals surface area contributed by atoms with Crippen LogP contribution in [-0.2, 0) is 6.42 Å². The van der Waals surface area contributed by atoms with Gasteiger partial charge in [0.25, 0.3) is 0 Å². The molecule has 0 aliphatic carbocycles. The average Bonchev–Trinajstić information content (AvgIpc) is 2.90. The highest BCUT2D eigenvalue weighted by atomic mass is 32.2. The van der Waals surface area contributed by atoms with Gasteiger partial charge in [-0.15, -0.1) is 11.8 Å². The van der Waals surface area contributed by atoms with E-state index in [1.807, 2.05) is 11.8 Å². The van der Waals surface area contributed by atoms with Crippen LogP contribution in [-0.4, -0.2) is 30.3 Å². The van der Waals surface area contributed by atoms with E-state index in [1.54, 1.807) is 11.1 Å². The second-order valence-corrected chi connectivity index (χ2v) is 7.23. The SMILES string of the molecule is CC1Cc2c(cccc2C2CC(CN)CN2C)S1. The van der Waals surface area contributed by atoms with Crippen molar-refractivity contribution in [1.82, 2.24) is 4.90 Å². The molecule has 0 spiro atoms. The largest absolute Gasteiger partial charge is 0.330 e. The number of nitrogens with two attached hydrogens (primary N) is 1. The number of fused-ring (bicyclic) bond motifs is 1. The predicted molar refractivity (Wildman–Crippen MR) is 78.0 cm³/mol. The lowest BCUT2D eigenvalue weighted by atomic mass is 9.94. The summed E-state index contributed by atoms with van der Waals surface area (Å²) in [6.07, 6.45) is 2.45. The van der Waals surface area contributed by atoms with Gasteiger partial charge in [-0.1, -0.05) is 19.1 Å². The molecule has 2 aliphatic heterocycles. The molecular formula is C15H22N2S. The Labute approximate surface area is 114 Å². The number of hydrogen-bond acceptors (Lipinski definition) is 3. The Morgan fingerprint density at radius 2 is 2.28 bits per heavy atom. The highest BCUT2D eigenvalue weighted by Crippen LogP contribution is 2.43. The number of hydrogen-bond donors (Lipinski definition) is 1. The van der Waals surface area contributed by atoms with Crippen molar-refractivity contribution in [3.63, 3.8) is 0 Å². The second kappa shape index (κ2) is 4.87. The molecule has 18 heavy (non-hydrogen) atoms. The third kappa shape index (κ3) is 2.09. The van der Waals surface area contributed by atoms with Gasteiger partial charge in [0.1, 0.15) is 0 Å². The maximum atomic E-state index is 5.84. The molecule has 0 aromatic heterocycles. The van der Waals surface area contributed by atoms with Crippen molar-refractivity contribution < 1.29 is 0 Å². The van der Waals surface area contributed by atoms with E-state index in [0.717, 1.165) is 18.3 Å². The van der Waals surface area contributed by atoms with Gasteiger partial charge in [0, 0.05) is 22.7 Å². The first-order valence-electron chi connectivity index (χ1n) is 6.87.